The second kappa shape index (κ2) is 3.52. The summed E-state index contributed by atoms with van der Waals surface area (Å²) in [6.07, 6.45) is 5.09. The van der Waals surface area contributed by atoms with Crippen molar-refractivity contribution in [3.63, 3.8) is 0 Å². The Hall–Kier alpha value is -1.80. The number of rotatable bonds is 2. The topological polar surface area (TPSA) is 61.0 Å². The maximum Gasteiger partial charge on any atom is 0.228 e. The smallest absolute Gasteiger partial charge is 0.228 e. The zero-order valence-electron chi connectivity index (χ0n) is 7.23. The van der Waals surface area contributed by atoms with Gasteiger partial charge in [0.15, 0.2) is 6.61 Å². The van der Waals surface area contributed by atoms with Gasteiger partial charge in [-0.3, -0.25) is 0 Å². The number of nitrogen functional groups attached to an aromatic ring is 1. The van der Waals surface area contributed by atoms with E-state index in [2.05, 4.69) is 15.9 Å². The van der Waals surface area contributed by atoms with Crippen LogP contribution in [0.5, 0.6) is 5.88 Å². The molecule has 5 heteroatoms. The quantitative estimate of drug-likeness (QED) is 0.750. The van der Waals surface area contributed by atoms with Crippen molar-refractivity contribution in [1.82, 2.24) is 9.97 Å². The van der Waals surface area contributed by atoms with Gasteiger partial charge in [0.1, 0.15) is 4.83 Å². The normalized spacial score (nSPS) is 9.93. The molecule has 14 heavy (non-hydrogen) atoms. The molecule has 0 aliphatic heterocycles. The van der Waals surface area contributed by atoms with Gasteiger partial charge in [0.2, 0.25) is 11.8 Å². The molecule has 4 nitrogen and oxygen atoms in total. The molecule has 2 N–H and O–H groups in total. The minimum Gasteiger partial charge on any atom is -0.464 e. The average Bonchev–Trinajstić information content (AvgIpc) is 2.61. The number of nitrogens with zero attached hydrogens (tertiary/aromatic N) is 2. The van der Waals surface area contributed by atoms with Gasteiger partial charge < -0.3 is 10.5 Å². The Balaban J connectivity index is 2.51. The number of hydrogen-bond donors (Lipinski definition) is 1. The molecule has 2 heterocycles. The number of thiophene rings is 1. The first kappa shape index (κ1) is 8.78. The van der Waals surface area contributed by atoms with Crippen LogP contribution in [0.2, 0.25) is 0 Å². The van der Waals surface area contributed by atoms with Crippen molar-refractivity contribution < 1.29 is 4.74 Å². The molecule has 0 amide bonds. The molecule has 2 aromatic heterocycles. The van der Waals surface area contributed by atoms with Crippen molar-refractivity contribution in [2.75, 3.05) is 12.3 Å². The molecule has 0 fully saturated rings. The van der Waals surface area contributed by atoms with E-state index in [-0.39, 0.29) is 12.6 Å². The Morgan fingerprint density at radius 2 is 2.43 bits per heavy atom. The van der Waals surface area contributed by atoms with Crippen molar-refractivity contribution >= 4 is 27.5 Å². The van der Waals surface area contributed by atoms with Gasteiger partial charge in [-0.1, -0.05) is 5.92 Å². The van der Waals surface area contributed by atoms with Crippen LogP contribution < -0.4 is 10.5 Å². The summed E-state index contributed by atoms with van der Waals surface area (Å²) in [4.78, 5) is 8.83. The molecular formula is C9H7N3OS. The van der Waals surface area contributed by atoms with Crippen LogP contribution in [0.15, 0.2) is 11.4 Å². The maximum absolute atomic E-state index is 5.51. The minimum absolute atomic E-state index is 0.182. The fourth-order valence-electron chi connectivity index (χ4n) is 1.06. The third-order valence-electron chi connectivity index (χ3n) is 1.60. The number of ether oxygens (including phenoxy) is 1. The van der Waals surface area contributed by atoms with Crippen molar-refractivity contribution in [3.8, 4) is 18.2 Å². The summed E-state index contributed by atoms with van der Waals surface area (Å²) in [5, 5.41) is 2.75. The lowest BCUT2D eigenvalue weighted by atomic mass is 10.4. The van der Waals surface area contributed by atoms with Crippen molar-refractivity contribution in [1.29, 1.82) is 0 Å². The molecule has 0 saturated heterocycles. The highest BCUT2D eigenvalue weighted by molar-refractivity contribution is 7.16. The number of nitrogens with two attached hydrogens (primary N) is 1. The summed E-state index contributed by atoms with van der Waals surface area (Å²) < 4.78 is 5.25. The molecule has 0 radical (unpaired) electrons. The highest BCUT2D eigenvalue weighted by Crippen LogP contribution is 2.27. The monoisotopic (exact) mass is 205 g/mol. The lowest BCUT2D eigenvalue weighted by Gasteiger charge is -2.02. The van der Waals surface area contributed by atoms with E-state index < -0.39 is 0 Å². The number of hydrogen-bond acceptors (Lipinski definition) is 5. The fourth-order valence-corrected chi connectivity index (χ4v) is 1.83. The molecule has 70 valence electrons. The van der Waals surface area contributed by atoms with E-state index in [0.29, 0.717) is 5.88 Å². The van der Waals surface area contributed by atoms with Crippen LogP contribution in [0, 0.1) is 12.3 Å². The molecular weight excluding hydrogens is 198 g/mol. The zero-order valence-corrected chi connectivity index (χ0v) is 8.04. The van der Waals surface area contributed by atoms with Gasteiger partial charge in [0.25, 0.3) is 0 Å². The van der Waals surface area contributed by atoms with Crippen LogP contribution in [0.25, 0.3) is 10.2 Å². The number of anilines is 1. The van der Waals surface area contributed by atoms with Gasteiger partial charge in [-0.25, -0.2) is 4.98 Å². The van der Waals surface area contributed by atoms with Crippen LogP contribution in [0.1, 0.15) is 0 Å². The Morgan fingerprint density at radius 3 is 3.21 bits per heavy atom. The average molecular weight is 205 g/mol. The van der Waals surface area contributed by atoms with Gasteiger partial charge in [-0.15, -0.1) is 17.8 Å². The predicted octanol–water partition coefficient (Wildman–Crippen LogP) is 1.29. The minimum atomic E-state index is 0.182. The summed E-state index contributed by atoms with van der Waals surface area (Å²) in [7, 11) is 0. The van der Waals surface area contributed by atoms with E-state index in [1.807, 2.05) is 11.4 Å². The number of terminal acetylenes is 1. The molecule has 0 aliphatic rings. The van der Waals surface area contributed by atoms with E-state index in [4.69, 9.17) is 16.9 Å². The summed E-state index contributed by atoms with van der Waals surface area (Å²) in [5.74, 6) is 3.02. The fraction of sp³-hybridized carbons (Fsp3) is 0.111. The van der Waals surface area contributed by atoms with E-state index >= 15 is 0 Å². The molecule has 2 aromatic rings. The molecule has 0 bridgehead atoms. The van der Waals surface area contributed by atoms with Gasteiger partial charge in [-0.2, -0.15) is 4.98 Å². The highest BCUT2D eigenvalue weighted by Gasteiger charge is 2.07. The molecule has 2 rings (SSSR count). The first-order valence-corrected chi connectivity index (χ1v) is 4.76. The van der Waals surface area contributed by atoms with E-state index in [1.165, 1.54) is 11.3 Å². The van der Waals surface area contributed by atoms with Gasteiger partial charge in [0, 0.05) is 0 Å². The van der Waals surface area contributed by atoms with Crippen LogP contribution in [-0.2, 0) is 0 Å². The van der Waals surface area contributed by atoms with Crippen LogP contribution in [0.4, 0.5) is 5.95 Å². The third-order valence-corrected chi connectivity index (χ3v) is 2.41. The first-order valence-electron chi connectivity index (χ1n) is 3.88. The second-order valence-corrected chi connectivity index (χ2v) is 3.41. The van der Waals surface area contributed by atoms with E-state index in [0.717, 1.165) is 10.2 Å². The summed E-state index contributed by atoms with van der Waals surface area (Å²) in [6, 6.07) is 1.88. The third kappa shape index (κ3) is 1.47. The summed E-state index contributed by atoms with van der Waals surface area (Å²) in [5.41, 5.74) is 5.51. The lowest BCUT2D eigenvalue weighted by Crippen LogP contribution is -2.00. The Morgan fingerprint density at radius 1 is 1.57 bits per heavy atom. The van der Waals surface area contributed by atoms with Gasteiger partial charge in [-0.05, 0) is 11.4 Å². The van der Waals surface area contributed by atoms with Crippen molar-refractivity contribution in [3.05, 3.63) is 11.4 Å². The van der Waals surface area contributed by atoms with E-state index in [1.54, 1.807) is 0 Å². The van der Waals surface area contributed by atoms with Crippen molar-refractivity contribution in [2.45, 2.75) is 0 Å². The van der Waals surface area contributed by atoms with Gasteiger partial charge in [0.05, 0.1) is 5.39 Å². The molecule has 0 aliphatic carbocycles. The summed E-state index contributed by atoms with van der Waals surface area (Å²) >= 11 is 1.49. The maximum atomic E-state index is 5.51. The molecule has 0 spiro atoms. The summed E-state index contributed by atoms with van der Waals surface area (Å²) in [6.45, 7) is 0.182. The predicted molar refractivity (Wildman–Crippen MR) is 56.2 cm³/mol. The van der Waals surface area contributed by atoms with Crippen molar-refractivity contribution in [2.24, 2.45) is 0 Å². The number of fused-ring (bicyclic) bond motifs is 1. The Labute approximate surface area is 84.7 Å². The molecule has 0 unspecified atom stereocenters. The molecule has 0 aromatic carbocycles. The van der Waals surface area contributed by atoms with Crippen LogP contribution in [0.3, 0.4) is 0 Å². The SMILES string of the molecule is C#CCOc1nc(N)nc2sccc12. The highest BCUT2D eigenvalue weighted by atomic mass is 32.1. The lowest BCUT2D eigenvalue weighted by molar-refractivity contribution is 0.360. The second-order valence-electron chi connectivity index (χ2n) is 2.52. The standard InChI is InChI=1S/C9H7N3OS/c1-2-4-13-7-6-3-5-14-8(6)12-9(10)11-7/h1,3,5H,4H2,(H2,10,11,12). The zero-order chi connectivity index (χ0) is 9.97. The molecule has 0 saturated carbocycles. The van der Waals surface area contributed by atoms with Gasteiger partial charge >= 0.3 is 0 Å². The number of aromatic nitrogens is 2. The molecule has 0 atom stereocenters. The largest absolute Gasteiger partial charge is 0.464 e. The van der Waals surface area contributed by atoms with Crippen LogP contribution in [-0.4, -0.2) is 16.6 Å². The van der Waals surface area contributed by atoms with Crippen LogP contribution >= 0.6 is 11.3 Å². The Kier molecular flexibility index (Phi) is 2.21. The first-order chi connectivity index (χ1) is 6.81. The Bertz CT molecular complexity index is 500. The van der Waals surface area contributed by atoms with E-state index in [9.17, 15) is 0 Å².